The quantitative estimate of drug-likeness (QED) is 0.814. The number of nitrogens with zero attached hydrogens (tertiary/aromatic N) is 1. The molecule has 0 aliphatic carbocycles. The third kappa shape index (κ3) is 3.71. The lowest BCUT2D eigenvalue weighted by molar-refractivity contribution is -0.149. The Morgan fingerprint density at radius 3 is 2.50 bits per heavy atom. The van der Waals surface area contributed by atoms with Crippen LogP contribution in [0.2, 0.25) is 10.0 Å². The number of amides is 1. The lowest BCUT2D eigenvalue weighted by atomic mass is 9.71. The molecule has 2 aromatic rings. The van der Waals surface area contributed by atoms with Gasteiger partial charge < -0.3 is 10.0 Å². The summed E-state index contributed by atoms with van der Waals surface area (Å²) in [4.78, 5) is 26.7. The highest BCUT2D eigenvalue weighted by Gasteiger charge is 2.47. The molecule has 1 amide bonds. The van der Waals surface area contributed by atoms with Crippen molar-refractivity contribution in [3.63, 3.8) is 0 Å². The minimum Gasteiger partial charge on any atom is -0.481 e. The fraction of sp³-hybridized carbons (Fsp3) is 0.300. The number of carboxylic acids is 1. The Hall–Kier alpha value is -2.04. The van der Waals surface area contributed by atoms with E-state index in [0.717, 1.165) is 12.0 Å². The van der Waals surface area contributed by atoms with Gasteiger partial charge in [0.05, 0.1) is 21.9 Å². The van der Waals surface area contributed by atoms with Crippen LogP contribution in [0.4, 0.5) is 0 Å². The smallest absolute Gasteiger partial charge is 0.304 e. The van der Waals surface area contributed by atoms with E-state index in [1.165, 1.54) is 0 Å². The zero-order valence-corrected chi connectivity index (χ0v) is 15.6. The second-order valence-corrected chi connectivity index (χ2v) is 7.41. The lowest BCUT2D eigenvalue weighted by Gasteiger charge is -2.41. The number of hydrogen-bond acceptors (Lipinski definition) is 2. The van der Waals surface area contributed by atoms with Gasteiger partial charge in [-0.05, 0) is 36.1 Å². The Morgan fingerprint density at radius 1 is 1.12 bits per heavy atom. The van der Waals surface area contributed by atoms with Crippen LogP contribution in [0.5, 0.6) is 0 Å². The second kappa shape index (κ2) is 7.68. The Bertz CT molecular complexity index is 825. The molecule has 1 atom stereocenters. The zero-order valence-electron chi connectivity index (χ0n) is 14.1. The summed E-state index contributed by atoms with van der Waals surface area (Å²) in [7, 11) is 0. The van der Waals surface area contributed by atoms with E-state index < -0.39 is 11.4 Å². The number of carbonyl (C=O) groups is 2. The fourth-order valence-electron chi connectivity index (χ4n) is 3.62. The summed E-state index contributed by atoms with van der Waals surface area (Å²) in [6.45, 7) is 1.07. The summed E-state index contributed by atoms with van der Waals surface area (Å²) < 4.78 is 0. The van der Waals surface area contributed by atoms with E-state index in [2.05, 4.69) is 0 Å². The molecule has 1 fully saturated rings. The van der Waals surface area contributed by atoms with Crippen LogP contribution < -0.4 is 0 Å². The molecule has 0 spiro atoms. The summed E-state index contributed by atoms with van der Waals surface area (Å²) in [5, 5.41) is 10.2. The molecule has 1 unspecified atom stereocenters. The first-order valence-electron chi connectivity index (χ1n) is 8.43. The second-order valence-electron chi connectivity index (χ2n) is 6.60. The Morgan fingerprint density at radius 2 is 1.85 bits per heavy atom. The molecule has 0 saturated carbocycles. The van der Waals surface area contributed by atoms with Crippen LogP contribution in [0.3, 0.4) is 0 Å². The highest BCUT2D eigenvalue weighted by Crippen LogP contribution is 2.41. The number of likely N-dealkylation sites (tertiary alicyclic amines) is 1. The van der Waals surface area contributed by atoms with Gasteiger partial charge in [-0.3, -0.25) is 9.59 Å². The molecular weight excluding hydrogens is 373 g/mol. The van der Waals surface area contributed by atoms with Crippen LogP contribution in [-0.2, 0) is 21.5 Å². The number of rotatable bonds is 5. The van der Waals surface area contributed by atoms with Crippen molar-refractivity contribution in [3.8, 4) is 0 Å². The van der Waals surface area contributed by atoms with E-state index >= 15 is 0 Å². The molecule has 3 rings (SSSR count). The summed E-state index contributed by atoms with van der Waals surface area (Å²) >= 11 is 12.1. The average molecular weight is 392 g/mol. The van der Waals surface area contributed by atoms with Crippen molar-refractivity contribution in [1.29, 1.82) is 0 Å². The first kappa shape index (κ1) is 18.7. The molecule has 26 heavy (non-hydrogen) atoms. The van der Waals surface area contributed by atoms with Gasteiger partial charge in [-0.1, -0.05) is 59.6 Å². The van der Waals surface area contributed by atoms with Crippen molar-refractivity contribution in [2.24, 2.45) is 0 Å². The Kier molecular flexibility index (Phi) is 5.54. The van der Waals surface area contributed by atoms with E-state index in [9.17, 15) is 14.7 Å². The Labute approximate surface area is 162 Å². The van der Waals surface area contributed by atoms with Crippen molar-refractivity contribution in [3.05, 3.63) is 69.7 Å². The van der Waals surface area contributed by atoms with E-state index in [0.29, 0.717) is 35.1 Å². The molecule has 2 aromatic carbocycles. The van der Waals surface area contributed by atoms with Crippen LogP contribution in [0.25, 0.3) is 0 Å². The summed E-state index contributed by atoms with van der Waals surface area (Å²) in [6, 6.07) is 14.6. The van der Waals surface area contributed by atoms with E-state index in [1.54, 1.807) is 23.1 Å². The van der Waals surface area contributed by atoms with Crippen LogP contribution in [0, 0.1) is 0 Å². The minimum absolute atomic E-state index is 0.173. The van der Waals surface area contributed by atoms with Gasteiger partial charge >= 0.3 is 5.97 Å². The predicted octanol–water partition coefficient (Wildman–Crippen LogP) is 4.53. The number of carboxylic acid groups (broad SMARTS) is 1. The van der Waals surface area contributed by atoms with E-state index in [4.69, 9.17) is 23.2 Å². The SMILES string of the molecule is O=C(O)CC1(c2ccc(Cl)c(Cl)c2)CCCN(Cc2ccccc2)C1=O. The summed E-state index contributed by atoms with van der Waals surface area (Å²) in [6.07, 6.45) is 0.933. The summed E-state index contributed by atoms with van der Waals surface area (Å²) in [5.41, 5.74) is 0.505. The van der Waals surface area contributed by atoms with Crippen LogP contribution >= 0.6 is 23.2 Å². The topological polar surface area (TPSA) is 57.6 Å². The lowest BCUT2D eigenvalue weighted by Crippen LogP contribution is -2.52. The molecule has 4 nitrogen and oxygen atoms in total. The van der Waals surface area contributed by atoms with Gasteiger partial charge in [0.15, 0.2) is 0 Å². The average Bonchev–Trinajstić information content (AvgIpc) is 2.61. The first-order valence-corrected chi connectivity index (χ1v) is 9.18. The Balaban J connectivity index is 1.98. The molecule has 0 aromatic heterocycles. The van der Waals surface area contributed by atoms with Gasteiger partial charge in [-0.25, -0.2) is 0 Å². The standard InChI is InChI=1S/C20H19Cl2NO3/c21-16-8-7-15(11-17(16)22)20(12-18(24)25)9-4-10-23(19(20)26)13-14-5-2-1-3-6-14/h1-3,5-8,11H,4,9-10,12-13H2,(H,24,25). The molecule has 1 aliphatic rings. The monoisotopic (exact) mass is 391 g/mol. The van der Waals surface area contributed by atoms with Crippen LogP contribution in [0.1, 0.15) is 30.4 Å². The van der Waals surface area contributed by atoms with Gasteiger partial charge in [0, 0.05) is 13.1 Å². The zero-order chi connectivity index (χ0) is 18.7. The van der Waals surface area contributed by atoms with Crippen molar-refractivity contribution < 1.29 is 14.7 Å². The van der Waals surface area contributed by atoms with Gasteiger partial charge in [0.2, 0.25) is 5.91 Å². The molecule has 0 bridgehead atoms. The van der Waals surface area contributed by atoms with Gasteiger partial charge in [-0.2, -0.15) is 0 Å². The maximum absolute atomic E-state index is 13.4. The minimum atomic E-state index is -1.12. The molecular formula is C20H19Cl2NO3. The molecule has 136 valence electrons. The number of carbonyl (C=O) groups excluding carboxylic acids is 1. The van der Waals surface area contributed by atoms with Gasteiger partial charge in [0.1, 0.15) is 0 Å². The van der Waals surface area contributed by atoms with Crippen LogP contribution in [-0.4, -0.2) is 28.4 Å². The first-order chi connectivity index (χ1) is 12.4. The molecule has 1 N–H and O–H groups in total. The summed E-state index contributed by atoms with van der Waals surface area (Å²) in [5.74, 6) is -1.18. The number of piperidine rings is 1. The van der Waals surface area contributed by atoms with E-state index in [-0.39, 0.29) is 12.3 Å². The molecule has 6 heteroatoms. The fourth-order valence-corrected chi connectivity index (χ4v) is 3.92. The molecule has 1 aliphatic heterocycles. The number of aliphatic carboxylic acids is 1. The van der Waals surface area contributed by atoms with Crippen molar-refractivity contribution in [2.75, 3.05) is 6.54 Å². The third-order valence-electron chi connectivity index (χ3n) is 4.87. The largest absolute Gasteiger partial charge is 0.481 e. The number of halogens is 2. The number of benzene rings is 2. The third-order valence-corrected chi connectivity index (χ3v) is 5.61. The highest BCUT2D eigenvalue weighted by atomic mass is 35.5. The normalized spacial score (nSPS) is 20.2. The van der Waals surface area contributed by atoms with Crippen molar-refractivity contribution >= 4 is 35.1 Å². The maximum Gasteiger partial charge on any atom is 0.304 e. The maximum atomic E-state index is 13.4. The van der Waals surface area contributed by atoms with Gasteiger partial charge in [0.25, 0.3) is 0 Å². The predicted molar refractivity (Wildman–Crippen MR) is 101 cm³/mol. The van der Waals surface area contributed by atoms with Crippen molar-refractivity contribution in [1.82, 2.24) is 4.90 Å². The van der Waals surface area contributed by atoms with E-state index in [1.807, 2.05) is 30.3 Å². The molecule has 0 radical (unpaired) electrons. The highest BCUT2D eigenvalue weighted by molar-refractivity contribution is 6.42. The number of hydrogen-bond donors (Lipinski definition) is 1. The molecule has 1 heterocycles. The van der Waals surface area contributed by atoms with Crippen LogP contribution in [0.15, 0.2) is 48.5 Å². The van der Waals surface area contributed by atoms with Gasteiger partial charge in [-0.15, -0.1) is 0 Å². The molecule has 1 saturated heterocycles. The van der Waals surface area contributed by atoms with Crippen molar-refractivity contribution in [2.45, 2.75) is 31.2 Å².